The molecule has 1 heterocycles. The number of rotatable bonds is 4. The van der Waals surface area contributed by atoms with Gasteiger partial charge >= 0.3 is 0 Å². The van der Waals surface area contributed by atoms with Crippen molar-refractivity contribution < 1.29 is 9.84 Å². The van der Waals surface area contributed by atoms with Crippen molar-refractivity contribution in [3.8, 4) is 0 Å². The van der Waals surface area contributed by atoms with E-state index in [2.05, 4.69) is 13.8 Å². The van der Waals surface area contributed by atoms with E-state index in [0.717, 1.165) is 38.2 Å². The van der Waals surface area contributed by atoms with Crippen molar-refractivity contribution in [3.63, 3.8) is 0 Å². The Morgan fingerprint density at radius 2 is 2.00 bits per heavy atom. The van der Waals surface area contributed by atoms with E-state index in [4.69, 9.17) is 4.74 Å². The monoisotopic (exact) mass is 254 g/mol. The lowest BCUT2D eigenvalue weighted by Crippen LogP contribution is -2.49. The van der Waals surface area contributed by atoms with Gasteiger partial charge in [-0.1, -0.05) is 46.0 Å². The zero-order valence-electron chi connectivity index (χ0n) is 12.2. The first-order chi connectivity index (χ1) is 8.69. The predicted octanol–water partition coefficient (Wildman–Crippen LogP) is 3.91. The summed E-state index contributed by atoms with van der Waals surface area (Å²) in [5, 5.41) is 11.1. The van der Waals surface area contributed by atoms with Gasteiger partial charge in [0.05, 0.1) is 11.7 Å². The smallest absolute Gasteiger partial charge is 0.0725 e. The van der Waals surface area contributed by atoms with Gasteiger partial charge in [-0.2, -0.15) is 0 Å². The molecule has 1 saturated carbocycles. The molecular weight excluding hydrogens is 224 g/mol. The maximum atomic E-state index is 11.1. The van der Waals surface area contributed by atoms with Gasteiger partial charge in [-0.05, 0) is 31.1 Å². The number of hydrogen-bond acceptors (Lipinski definition) is 2. The lowest BCUT2D eigenvalue weighted by atomic mass is 9.65. The van der Waals surface area contributed by atoms with Gasteiger partial charge in [-0.25, -0.2) is 0 Å². The van der Waals surface area contributed by atoms with E-state index in [1.165, 1.54) is 32.1 Å². The van der Waals surface area contributed by atoms with Crippen molar-refractivity contribution in [1.29, 1.82) is 0 Å². The first kappa shape index (κ1) is 14.3. The summed E-state index contributed by atoms with van der Waals surface area (Å²) in [7, 11) is 0. The summed E-state index contributed by atoms with van der Waals surface area (Å²) in [6.45, 7) is 5.25. The van der Waals surface area contributed by atoms with Crippen LogP contribution in [-0.4, -0.2) is 23.4 Å². The Hall–Kier alpha value is -0.0800. The number of hydrogen-bond donors (Lipinski definition) is 1. The summed E-state index contributed by atoms with van der Waals surface area (Å²) in [4.78, 5) is 0. The Morgan fingerprint density at radius 1 is 1.22 bits per heavy atom. The second-order valence-electron chi connectivity index (χ2n) is 6.40. The zero-order chi connectivity index (χ0) is 13.0. The summed E-state index contributed by atoms with van der Waals surface area (Å²) in [6, 6.07) is 0. The van der Waals surface area contributed by atoms with E-state index >= 15 is 0 Å². The molecule has 1 aliphatic heterocycles. The largest absolute Gasteiger partial charge is 0.389 e. The molecule has 2 aliphatic rings. The highest BCUT2D eigenvalue weighted by atomic mass is 16.5. The predicted molar refractivity (Wildman–Crippen MR) is 74.6 cm³/mol. The highest BCUT2D eigenvalue weighted by Crippen LogP contribution is 2.44. The molecule has 0 spiro atoms. The molecular formula is C16H30O2. The van der Waals surface area contributed by atoms with Crippen molar-refractivity contribution in [2.75, 3.05) is 6.61 Å². The molecule has 4 atom stereocenters. The van der Waals surface area contributed by atoms with Gasteiger partial charge < -0.3 is 9.84 Å². The van der Waals surface area contributed by atoms with Crippen LogP contribution in [0.4, 0.5) is 0 Å². The van der Waals surface area contributed by atoms with Crippen LogP contribution in [0.25, 0.3) is 0 Å². The fourth-order valence-corrected chi connectivity index (χ4v) is 4.21. The maximum absolute atomic E-state index is 11.1. The third-order valence-corrected chi connectivity index (χ3v) is 5.20. The second-order valence-corrected chi connectivity index (χ2v) is 6.40. The molecule has 0 aromatic heterocycles. The molecule has 106 valence electrons. The van der Waals surface area contributed by atoms with Gasteiger partial charge in [-0.15, -0.1) is 0 Å². The molecule has 2 heteroatoms. The highest BCUT2D eigenvalue weighted by molar-refractivity contribution is 4.95. The van der Waals surface area contributed by atoms with Crippen molar-refractivity contribution in [2.24, 2.45) is 11.8 Å². The Kier molecular flexibility index (Phi) is 5.08. The van der Waals surface area contributed by atoms with E-state index < -0.39 is 5.60 Å². The average Bonchev–Trinajstić information content (AvgIpc) is 2.39. The fraction of sp³-hybridized carbons (Fsp3) is 1.00. The van der Waals surface area contributed by atoms with Crippen molar-refractivity contribution in [1.82, 2.24) is 0 Å². The van der Waals surface area contributed by atoms with Crippen molar-refractivity contribution in [3.05, 3.63) is 0 Å². The quantitative estimate of drug-likeness (QED) is 0.824. The lowest BCUT2D eigenvalue weighted by Gasteiger charge is -2.47. The average molecular weight is 254 g/mol. The van der Waals surface area contributed by atoms with Crippen LogP contribution in [0.5, 0.6) is 0 Å². The Morgan fingerprint density at radius 3 is 2.72 bits per heavy atom. The molecule has 2 fully saturated rings. The normalized spacial score (nSPS) is 41.8. The summed E-state index contributed by atoms with van der Waals surface area (Å²) in [6.07, 6.45) is 10.7. The molecule has 0 aromatic carbocycles. The SMILES string of the molecule is CCCC1CC(O)(C2CCCCC2CC)CCO1. The topological polar surface area (TPSA) is 29.5 Å². The molecule has 18 heavy (non-hydrogen) atoms. The van der Waals surface area contributed by atoms with Crippen LogP contribution in [0.1, 0.15) is 71.6 Å². The van der Waals surface area contributed by atoms with Crippen LogP contribution in [0.15, 0.2) is 0 Å². The third-order valence-electron chi connectivity index (χ3n) is 5.20. The van der Waals surface area contributed by atoms with Crippen LogP contribution in [-0.2, 0) is 4.74 Å². The summed E-state index contributed by atoms with van der Waals surface area (Å²) in [5.74, 6) is 1.27. The van der Waals surface area contributed by atoms with Gasteiger partial charge in [0.1, 0.15) is 0 Å². The maximum Gasteiger partial charge on any atom is 0.0725 e. The van der Waals surface area contributed by atoms with Crippen molar-refractivity contribution in [2.45, 2.75) is 83.3 Å². The summed E-state index contributed by atoms with van der Waals surface area (Å²) in [5.41, 5.74) is -0.431. The number of aliphatic hydroxyl groups is 1. The van der Waals surface area contributed by atoms with E-state index in [9.17, 15) is 5.11 Å². The van der Waals surface area contributed by atoms with E-state index in [1.807, 2.05) is 0 Å². The van der Waals surface area contributed by atoms with E-state index in [-0.39, 0.29) is 0 Å². The Balaban J connectivity index is 2.03. The van der Waals surface area contributed by atoms with Gasteiger partial charge in [-0.3, -0.25) is 0 Å². The minimum Gasteiger partial charge on any atom is -0.389 e. The molecule has 1 aliphatic carbocycles. The highest BCUT2D eigenvalue weighted by Gasteiger charge is 2.44. The lowest BCUT2D eigenvalue weighted by molar-refractivity contribution is -0.150. The molecule has 0 amide bonds. The molecule has 0 aromatic rings. The zero-order valence-corrected chi connectivity index (χ0v) is 12.2. The molecule has 2 rings (SSSR count). The molecule has 0 radical (unpaired) electrons. The minimum atomic E-state index is -0.431. The van der Waals surface area contributed by atoms with Crippen LogP contribution >= 0.6 is 0 Å². The van der Waals surface area contributed by atoms with E-state index in [0.29, 0.717) is 12.0 Å². The Labute approximate surface area is 112 Å². The molecule has 1 N–H and O–H groups in total. The van der Waals surface area contributed by atoms with Crippen LogP contribution < -0.4 is 0 Å². The second kappa shape index (κ2) is 6.38. The van der Waals surface area contributed by atoms with Gasteiger partial charge in [0.25, 0.3) is 0 Å². The molecule has 2 nitrogen and oxygen atoms in total. The van der Waals surface area contributed by atoms with Crippen molar-refractivity contribution >= 4 is 0 Å². The first-order valence-corrected chi connectivity index (χ1v) is 8.03. The van der Waals surface area contributed by atoms with Gasteiger partial charge in [0, 0.05) is 13.0 Å². The van der Waals surface area contributed by atoms with Crippen LogP contribution in [0.3, 0.4) is 0 Å². The first-order valence-electron chi connectivity index (χ1n) is 8.03. The summed E-state index contributed by atoms with van der Waals surface area (Å²) < 4.78 is 5.81. The number of ether oxygens (including phenoxy) is 1. The molecule has 4 unspecified atom stereocenters. The van der Waals surface area contributed by atoms with Gasteiger partial charge in [0.15, 0.2) is 0 Å². The van der Waals surface area contributed by atoms with Gasteiger partial charge in [0.2, 0.25) is 0 Å². The third kappa shape index (κ3) is 3.08. The van der Waals surface area contributed by atoms with Crippen LogP contribution in [0, 0.1) is 11.8 Å². The standard InChI is InChI=1S/C16H30O2/c1-3-7-14-12-16(17,10-11-18-14)15-9-6-5-8-13(15)4-2/h13-15,17H,3-12H2,1-2H3. The molecule has 0 bridgehead atoms. The summed E-state index contributed by atoms with van der Waals surface area (Å²) >= 11 is 0. The molecule has 1 saturated heterocycles. The van der Waals surface area contributed by atoms with Crippen LogP contribution in [0.2, 0.25) is 0 Å². The fourth-order valence-electron chi connectivity index (χ4n) is 4.21. The Bertz CT molecular complexity index is 251. The van der Waals surface area contributed by atoms with E-state index in [1.54, 1.807) is 0 Å². The minimum absolute atomic E-state index is 0.299.